The van der Waals surface area contributed by atoms with E-state index in [2.05, 4.69) is 9.97 Å². The number of carbonyl (C=O) groups is 1. The van der Waals surface area contributed by atoms with Gasteiger partial charge in [0.1, 0.15) is 10.8 Å². The number of rotatable bonds is 3. The third-order valence-electron chi connectivity index (χ3n) is 3.02. The fourth-order valence-corrected chi connectivity index (χ4v) is 1.91. The third-order valence-corrected chi connectivity index (χ3v) is 3.23. The standard InChI is InChI=1S/C14H14ClN3O/c1-10(11-6-8-16-9-7-11)18(2)14(19)12-4-3-5-13(15)17-12/h3-10H,1-2H3. The van der Waals surface area contributed by atoms with Crippen LogP contribution in [-0.2, 0) is 0 Å². The Morgan fingerprint density at radius 1 is 1.26 bits per heavy atom. The lowest BCUT2D eigenvalue weighted by Crippen LogP contribution is -2.30. The van der Waals surface area contributed by atoms with Crippen molar-refractivity contribution in [3.05, 3.63) is 59.1 Å². The van der Waals surface area contributed by atoms with Gasteiger partial charge in [0.15, 0.2) is 0 Å². The van der Waals surface area contributed by atoms with Crippen molar-refractivity contribution in [1.82, 2.24) is 14.9 Å². The van der Waals surface area contributed by atoms with Crippen molar-refractivity contribution in [2.24, 2.45) is 0 Å². The van der Waals surface area contributed by atoms with E-state index >= 15 is 0 Å². The first-order chi connectivity index (χ1) is 9.09. The first-order valence-corrected chi connectivity index (χ1v) is 6.27. The molecule has 0 radical (unpaired) electrons. The molecule has 0 aliphatic heterocycles. The van der Waals surface area contributed by atoms with Gasteiger partial charge in [0, 0.05) is 19.4 Å². The monoisotopic (exact) mass is 275 g/mol. The zero-order chi connectivity index (χ0) is 13.8. The Morgan fingerprint density at radius 3 is 2.58 bits per heavy atom. The first-order valence-electron chi connectivity index (χ1n) is 5.89. The molecular weight excluding hydrogens is 262 g/mol. The van der Waals surface area contributed by atoms with Crippen LogP contribution >= 0.6 is 11.6 Å². The summed E-state index contributed by atoms with van der Waals surface area (Å²) in [5, 5.41) is 0.316. The Morgan fingerprint density at radius 2 is 1.95 bits per heavy atom. The van der Waals surface area contributed by atoms with Gasteiger partial charge in [-0.3, -0.25) is 9.78 Å². The highest BCUT2D eigenvalue weighted by Crippen LogP contribution is 2.19. The van der Waals surface area contributed by atoms with Crippen LogP contribution in [0.25, 0.3) is 0 Å². The fourth-order valence-electron chi connectivity index (χ4n) is 1.75. The highest BCUT2D eigenvalue weighted by molar-refractivity contribution is 6.29. The van der Waals surface area contributed by atoms with Crippen molar-refractivity contribution < 1.29 is 4.79 Å². The molecule has 2 aromatic rings. The van der Waals surface area contributed by atoms with E-state index in [-0.39, 0.29) is 11.9 Å². The number of aromatic nitrogens is 2. The van der Waals surface area contributed by atoms with E-state index in [9.17, 15) is 4.79 Å². The maximum atomic E-state index is 12.3. The van der Waals surface area contributed by atoms with Crippen LogP contribution in [0.3, 0.4) is 0 Å². The van der Waals surface area contributed by atoms with E-state index in [1.54, 1.807) is 42.5 Å². The van der Waals surface area contributed by atoms with Crippen molar-refractivity contribution in [3.8, 4) is 0 Å². The van der Waals surface area contributed by atoms with Gasteiger partial charge in [0.05, 0.1) is 6.04 Å². The zero-order valence-corrected chi connectivity index (χ0v) is 11.5. The van der Waals surface area contributed by atoms with Gasteiger partial charge < -0.3 is 4.90 Å². The quantitative estimate of drug-likeness (QED) is 0.809. The lowest BCUT2D eigenvalue weighted by Gasteiger charge is -2.24. The average molecular weight is 276 g/mol. The Hall–Kier alpha value is -1.94. The molecule has 98 valence electrons. The molecule has 4 nitrogen and oxygen atoms in total. The van der Waals surface area contributed by atoms with Crippen LogP contribution in [-0.4, -0.2) is 27.8 Å². The molecule has 2 heterocycles. The molecular formula is C14H14ClN3O. The summed E-state index contributed by atoms with van der Waals surface area (Å²) in [6, 6.07) is 8.73. The van der Waals surface area contributed by atoms with E-state index in [4.69, 9.17) is 11.6 Å². The lowest BCUT2D eigenvalue weighted by atomic mass is 10.1. The predicted octanol–water partition coefficient (Wildman–Crippen LogP) is 2.96. The molecule has 2 aromatic heterocycles. The molecule has 0 saturated carbocycles. The van der Waals surface area contributed by atoms with Gasteiger partial charge >= 0.3 is 0 Å². The van der Waals surface area contributed by atoms with E-state index < -0.39 is 0 Å². The van der Waals surface area contributed by atoms with E-state index in [0.717, 1.165) is 5.56 Å². The molecule has 2 rings (SSSR count). The van der Waals surface area contributed by atoms with Gasteiger partial charge in [-0.15, -0.1) is 0 Å². The first kappa shape index (κ1) is 13.5. The summed E-state index contributed by atoms with van der Waals surface area (Å²) in [6.45, 7) is 1.96. The SMILES string of the molecule is CC(c1ccncc1)N(C)C(=O)c1cccc(Cl)n1. The number of amides is 1. The van der Waals surface area contributed by atoms with Gasteiger partial charge in [0.25, 0.3) is 5.91 Å². The van der Waals surface area contributed by atoms with Gasteiger partial charge in [-0.05, 0) is 36.8 Å². The molecule has 0 aliphatic rings. The molecule has 0 N–H and O–H groups in total. The molecule has 1 amide bonds. The zero-order valence-electron chi connectivity index (χ0n) is 10.7. The molecule has 0 aromatic carbocycles. The fraction of sp³-hybridized carbons (Fsp3) is 0.214. The second-order valence-corrected chi connectivity index (χ2v) is 4.61. The average Bonchev–Trinajstić information content (AvgIpc) is 2.46. The second kappa shape index (κ2) is 5.80. The summed E-state index contributed by atoms with van der Waals surface area (Å²) in [5.74, 6) is -0.160. The molecule has 1 unspecified atom stereocenters. The number of pyridine rings is 2. The number of carbonyl (C=O) groups excluding carboxylic acids is 1. The highest BCUT2D eigenvalue weighted by Gasteiger charge is 2.19. The topological polar surface area (TPSA) is 46.1 Å². The molecule has 5 heteroatoms. The van der Waals surface area contributed by atoms with Crippen molar-refractivity contribution >= 4 is 17.5 Å². The van der Waals surface area contributed by atoms with Gasteiger partial charge in [-0.25, -0.2) is 4.98 Å². The molecule has 0 aliphatic carbocycles. The smallest absolute Gasteiger partial charge is 0.272 e. The van der Waals surface area contributed by atoms with Crippen molar-refractivity contribution in [3.63, 3.8) is 0 Å². The molecule has 0 bridgehead atoms. The summed E-state index contributed by atoms with van der Waals surface area (Å²) in [4.78, 5) is 21.9. The maximum absolute atomic E-state index is 12.3. The molecule has 0 saturated heterocycles. The molecule has 19 heavy (non-hydrogen) atoms. The Labute approximate surface area is 117 Å². The largest absolute Gasteiger partial charge is 0.334 e. The number of halogens is 1. The van der Waals surface area contributed by atoms with Crippen molar-refractivity contribution in [2.75, 3.05) is 7.05 Å². The number of hydrogen-bond donors (Lipinski definition) is 0. The Kier molecular flexibility index (Phi) is 4.12. The van der Waals surface area contributed by atoms with Crippen LogP contribution in [0.1, 0.15) is 29.0 Å². The van der Waals surface area contributed by atoms with Gasteiger partial charge in [0.2, 0.25) is 0 Å². The number of hydrogen-bond acceptors (Lipinski definition) is 3. The number of nitrogens with zero attached hydrogens (tertiary/aromatic N) is 3. The van der Waals surface area contributed by atoms with Crippen LogP contribution in [0.15, 0.2) is 42.7 Å². The summed E-state index contributed by atoms with van der Waals surface area (Å²) in [5.41, 5.74) is 1.36. The van der Waals surface area contributed by atoms with E-state index in [1.807, 2.05) is 19.1 Å². The Bertz CT molecular complexity index is 574. The highest BCUT2D eigenvalue weighted by atomic mass is 35.5. The summed E-state index contributed by atoms with van der Waals surface area (Å²) < 4.78 is 0. The minimum absolute atomic E-state index is 0.0590. The molecule has 0 fully saturated rings. The lowest BCUT2D eigenvalue weighted by molar-refractivity contribution is 0.0736. The summed E-state index contributed by atoms with van der Waals surface area (Å²) >= 11 is 5.80. The van der Waals surface area contributed by atoms with E-state index in [0.29, 0.717) is 10.8 Å². The van der Waals surface area contributed by atoms with Crippen LogP contribution in [0, 0.1) is 0 Å². The minimum Gasteiger partial charge on any atom is -0.334 e. The third kappa shape index (κ3) is 3.09. The van der Waals surface area contributed by atoms with E-state index in [1.165, 1.54) is 0 Å². The van der Waals surface area contributed by atoms with Crippen LogP contribution in [0.2, 0.25) is 5.15 Å². The minimum atomic E-state index is -0.160. The van der Waals surface area contributed by atoms with Crippen LogP contribution < -0.4 is 0 Å². The summed E-state index contributed by atoms with van der Waals surface area (Å²) in [7, 11) is 1.75. The van der Waals surface area contributed by atoms with Gasteiger partial charge in [-0.1, -0.05) is 17.7 Å². The second-order valence-electron chi connectivity index (χ2n) is 4.22. The molecule has 1 atom stereocenters. The normalized spacial score (nSPS) is 11.9. The van der Waals surface area contributed by atoms with Gasteiger partial charge in [-0.2, -0.15) is 0 Å². The molecule has 0 spiro atoms. The maximum Gasteiger partial charge on any atom is 0.272 e. The summed E-state index contributed by atoms with van der Waals surface area (Å²) in [6.07, 6.45) is 3.42. The van der Waals surface area contributed by atoms with Crippen LogP contribution in [0.5, 0.6) is 0 Å². The van der Waals surface area contributed by atoms with Crippen LogP contribution in [0.4, 0.5) is 0 Å². The Balaban J connectivity index is 2.20. The van der Waals surface area contributed by atoms with Crippen molar-refractivity contribution in [2.45, 2.75) is 13.0 Å². The van der Waals surface area contributed by atoms with Crippen molar-refractivity contribution in [1.29, 1.82) is 0 Å². The predicted molar refractivity (Wildman–Crippen MR) is 74.0 cm³/mol.